The molecule has 0 fully saturated rings. The van der Waals surface area contributed by atoms with Gasteiger partial charge in [-0.15, -0.1) is 0 Å². The number of carbonyl (C=O) groups excluding carboxylic acids is 1. The van der Waals surface area contributed by atoms with E-state index < -0.39 is 20.7 Å². The number of sulfone groups is 1. The van der Waals surface area contributed by atoms with Gasteiger partial charge in [0.1, 0.15) is 0 Å². The first-order valence-electron chi connectivity index (χ1n) is 7.45. The lowest BCUT2D eigenvalue weighted by Gasteiger charge is -2.12. The van der Waals surface area contributed by atoms with Crippen LogP contribution in [0, 0.1) is 0 Å². The zero-order valence-corrected chi connectivity index (χ0v) is 17.6. The zero-order valence-electron chi connectivity index (χ0n) is 13.8. The molecular formula is C17H13Cl4NO4S. The topological polar surface area (TPSA) is 72.5 Å². The summed E-state index contributed by atoms with van der Waals surface area (Å²) in [4.78, 5) is 11.3. The molecule has 0 radical (unpaired) electrons. The molecular weight excluding hydrogens is 456 g/mol. The van der Waals surface area contributed by atoms with E-state index in [-0.39, 0.29) is 26.6 Å². The van der Waals surface area contributed by atoms with Crippen molar-refractivity contribution in [2.75, 3.05) is 11.9 Å². The van der Waals surface area contributed by atoms with Crippen molar-refractivity contribution in [2.24, 2.45) is 0 Å². The molecule has 0 atom stereocenters. The highest BCUT2D eigenvalue weighted by atomic mass is 35.5. The Morgan fingerprint density at radius 2 is 1.63 bits per heavy atom. The van der Waals surface area contributed by atoms with Gasteiger partial charge < -0.3 is 10.1 Å². The molecule has 0 unspecified atom stereocenters. The van der Waals surface area contributed by atoms with E-state index in [0.29, 0.717) is 10.7 Å². The number of nitrogens with one attached hydrogen (secondary N) is 1. The van der Waals surface area contributed by atoms with Crippen LogP contribution in [0.25, 0.3) is 0 Å². The first-order valence-corrected chi connectivity index (χ1v) is 10.4. The Balaban J connectivity index is 2.52. The van der Waals surface area contributed by atoms with Crippen LogP contribution in [0.3, 0.4) is 0 Å². The molecule has 0 amide bonds. The summed E-state index contributed by atoms with van der Waals surface area (Å²) in [5, 5.41) is 3.12. The Morgan fingerprint density at radius 3 is 2.22 bits per heavy atom. The summed E-state index contributed by atoms with van der Waals surface area (Å²) in [6, 6.07) is 8.70. The smallest absolute Gasteiger partial charge is 0.351 e. The monoisotopic (exact) mass is 467 g/mol. The van der Waals surface area contributed by atoms with Crippen LogP contribution in [0.1, 0.15) is 6.92 Å². The molecule has 10 heteroatoms. The molecule has 2 aromatic carbocycles. The Labute approximate surface area is 176 Å². The first-order chi connectivity index (χ1) is 12.7. The first kappa shape index (κ1) is 21.9. The van der Waals surface area contributed by atoms with Crippen molar-refractivity contribution in [3.8, 4) is 0 Å². The summed E-state index contributed by atoms with van der Waals surface area (Å²) in [6.45, 7) is 1.54. The minimum Gasteiger partial charge on any atom is -0.462 e. The fourth-order valence-electron chi connectivity index (χ4n) is 1.97. The Bertz CT molecular complexity index is 989. The van der Waals surface area contributed by atoms with Crippen molar-refractivity contribution >= 4 is 67.9 Å². The summed E-state index contributed by atoms with van der Waals surface area (Å²) in [5.74, 6) is -1.04. The number of halogens is 4. The third kappa shape index (κ3) is 5.30. The zero-order chi connectivity index (χ0) is 20.2. The summed E-state index contributed by atoms with van der Waals surface area (Å²) < 4.78 is 30.8. The van der Waals surface area contributed by atoms with E-state index in [9.17, 15) is 13.2 Å². The maximum absolute atomic E-state index is 13.0. The maximum Gasteiger partial charge on any atom is 0.351 e. The number of anilines is 1. The fourth-order valence-corrected chi connectivity index (χ4v) is 4.33. The molecule has 144 valence electrons. The van der Waals surface area contributed by atoms with Crippen LogP contribution >= 0.6 is 46.4 Å². The van der Waals surface area contributed by atoms with Crippen molar-refractivity contribution < 1.29 is 17.9 Å². The van der Waals surface area contributed by atoms with Crippen LogP contribution in [-0.2, 0) is 19.4 Å². The van der Waals surface area contributed by atoms with Gasteiger partial charge in [-0.05, 0) is 43.3 Å². The quantitative estimate of drug-likeness (QED) is 0.339. The SMILES string of the molecule is CCOC(=O)/C(=C\Nc1ccc(Cl)cc1)S(=O)(=O)c1cc(Cl)c(Cl)cc1Cl. The molecule has 27 heavy (non-hydrogen) atoms. The van der Waals surface area contributed by atoms with Crippen molar-refractivity contribution in [3.05, 3.63) is 67.6 Å². The van der Waals surface area contributed by atoms with E-state index in [2.05, 4.69) is 5.32 Å². The molecule has 0 saturated heterocycles. The molecule has 0 aliphatic carbocycles. The second kappa shape index (κ2) is 9.17. The molecule has 0 heterocycles. The molecule has 0 aliphatic rings. The van der Waals surface area contributed by atoms with E-state index in [0.717, 1.165) is 12.3 Å². The predicted molar refractivity (Wildman–Crippen MR) is 108 cm³/mol. The molecule has 0 aliphatic heterocycles. The maximum atomic E-state index is 13.0. The van der Waals surface area contributed by atoms with E-state index in [1.165, 1.54) is 6.07 Å². The van der Waals surface area contributed by atoms with Gasteiger partial charge in [-0.1, -0.05) is 46.4 Å². The molecule has 0 spiro atoms. The summed E-state index contributed by atoms with van der Waals surface area (Å²) in [7, 11) is -4.35. The van der Waals surface area contributed by atoms with Crippen molar-refractivity contribution in [2.45, 2.75) is 11.8 Å². The molecule has 0 saturated carbocycles. The Hall–Kier alpha value is -1.44. The van der Waals surface area contributed by atoms with E-state index >= 15 is 0 Å². The molecule has 0 aromatic heterocycles. The molecule has 5 nitrogen and oxygen atoms in total. The van der Waals surface area contributed by atoms with Gasteiger partial charge >= 0.3 is 5.97 Å². The number of ether oxygens (including phenoxy) is 1. The highest BCUT2D eigenvalue weighted by Crippen LogP contribution is 2.34. The highest BCUT2D eigenvalue weighted by molar-refractivity contribution is 7.96. The highest BCUT2D eigenvalue weighted by Gasteiger charge is 2.31. The van der Waals surface area contributed by atoms with Gasteiger partial charge in [0.2, 0.25) is 9.84 Å². The average molecular weight is 469 g/mol. The van der Waals surface area contributed by atoms with Gasteiger partial charge in [0.05, 0.1) is 26.6 Å². The predicted octanol–water partition coefficient (Wildman–Crippen LogP) is 5.59. The van der Waals surface area contributed by atoms with Crippen LogP contribution < -0.4 is 5.32 Å². The number of hydrogen-bond donors (Lipinski definition) is 1. The van der Waals surface area contributed by atoms with Crippen LogP contribution in [0.5, 0.6) is 0 Å². The van der Waals surface area contributed by atoms with Gasteiger partial charge in [-0.2, -0.15) is 0 Å². The van der Waals surface area contributed by atoms with E-state index in [4.69, 9.17) is 51.1 Å². The van der Waals surface area contributed by atoms with Crippen molar-refractivity contribution in [1.29, 1.82) is 0 Å². The minimum atomic E-state index is -4.35. The van der Waals surface area contributed by atoms with E-state index in [1.54, 1.807) is 31.2 Å². The lowest BCUT2D eigenvalue weighted by molar-refractivity contribution is -0.137. The third-order valence-corrected chi connectivity index (χ3v) is 6.42. The van der Waals surface area contributed by atoms with Gasteiger partial charge in [0, 0.05) is 16.9 Å². The summed E-state index contributed by atoms with van der Waals surface area (Å²) in [5.41, 5.74) is 0.511. The molecule has 1 N–H and O–H groups in total. The number of rotatable bonds is 6. The van der Waals surface area contributed by atoms with Gasteiger partial charge in [0.25, 0.3) is 0 Å². The van der Waals surface area contributed by atoms with Crippen LogP contribution in [0.4, 0.5) is 5.69 Å². The summed E-state index contributed by atoms with van der Waals surface area (Å²) in [6.07, 6.45) is 1.02. The molecule has 0 bridgehead atoms. The van der Waals surface area contributed by atoms with E-state index in [1.807, 2.05) is 0 Å². The second-order valence-electron chi connectivity index (χ2n) is 5.08. The van der Waals surface area contributed by atoms with Crippen molar-refractivity contribution in [3.63, 3.8) is 0 Å². The van der Waals surface area contributed by atoms with Gasteiger partial charge in [-0.3, -0.25) is 0 Å². The standard InChI is InChI=1S/C17H13Cl4NO4S/c1-2-26-17(23)16(9-22-11-5-3-10(18)4-6-11)27(24,25)15-8-13(20)12(19)7-14(15)21/h3-9,22H,2H2,1H3/b16-9+. The fraction of sp³-hybridized carbons (Fsp3) is 0.118. The average Bonchev–Trinajstić information content (AvgIpc) is 2.60. The number of benzene rings is 2. The minimum absolute atomic E-state index is 0.0122. The lowest BCUT2D eigenvalue weighted by atomic mass is 10.3. The Kier molecular flexibility index (Phi) is 7.42. The molecule has 2 aromatic rings. The third-order valence-electron chi connectivity index (χ3n) is 3.24. The van der Waals surface area contributed by atoms with Crippen LogP contribution in [-0.4, -0.2) is 21.0 Å². The van der Waals surface area contributed by atoms with Crippen LogP contribution in [0.2, 0.25) is 20.1 Å². The molecule has 2 rings (SSSR count). The lowest BCUT2D eigenvalue weighted by Crippen LogP contribution is -2.18. The largest absolute Gasteiger partial charge is 0.462 e. The van der Waals surface area contributed by atoms with Gasteiger partial charge in [-0.25, -0.2) is 13.2 Å². The van der Waals surface area contributed by atoms with Gasteiger partial charge in [0.15, 0.2) is 4.91 Å². The number of hydrogen-bond acceptors (Lipinski definition) is 5. The van der Waals surface area contributed by atoms with Crippen LogP contribution in [0.15, 0.2) is 52.4 Å². The second-order valence-corrected chi connectivity index (χ2v) is 8.63. The van der Waals surface area contributed by atoms with Crippen molar-refractivity contribution in [1.82, 2.24) is 0 Å². The summed E-state index contributed by atoms with van der Waals surface area (Å²) >= 11 is 23.6. The number of esters is 1. The normalized spacial score (nSPS) is 12.0. The number of carbonyl (C=O) groups is 1. The Morgan fingerprint density at radius 1 is 1.04 bits per heavy atom.